The highest BCUT2D eigenvalue weighted by molar-refractivity contribution is 7.80. The van der Waals surface area contributed by atoms with Crippen molar-refractivity contribution in [1.29, 1.82) is 0 Å². The van der Waals surface area contributed by atoms with Crippen LogP contribution in [0.2, 0.25) is 0 Å². The van der Waals surface area contributed by atoms with E-state index in [0.29, 0.717) is 5.56 Å². The van der Waals surface area contributed by atoms with Gasteiger partial charge in [0.25, 0.3) is 0 Å². The Hall–Kier alpha value is -0.500. The highest BCUT2D eigenvalue weighted by Gasteiger charge is 2.02. The van der Waals surface area contributed by atoms with E-state index in [1.165, 1.54) is 0 Å². The summed E-state index contributed by atoms with van der Waals surface area (Å²) in [6.45, 7) is 2.05. The Morgan fingerprint density at radius 3 is 2.82 bits per heavy atom. The second-order valence-electron chi connectivity index (χ2n) is 2.43. The van der Waals surface area contributed by atoms with E-state index in [1.54, 1.807) is 6.07 Å². The highest BCUT2D eigenvalue weighted by Crippen LogP contribution is 2.21. The molecule has 0 bridgehead atoms. The lowest BCUT2D eigenvalue weighted by atomic mass is 10.1. The number of alkyl halides is 1. The van der Waals surface area contributed by atoms with E-state index in [4.69, 9.17) is 0 Å². The number of rotatable bonds is 2. The molecule has 60 valence electrons. The van der Waals surface area contributed by atoms with Crippen molar-refractivity contribution >= 4 is 12.6 Å². The van der Waals surface area contributed by atoms with Gasteiger partial charge in [0.1, 0.15) is 0 Å². The summed E-state index contributed by atoms with van der Waals surface area (Å²) in [6.07, 6.45) is 0.939. The first kappa shape index (κ1) is 8.60. The van der Waals surface area contributed by atoms with Gasteiger partial charge < -0.3 is 0 Å². The third-order valence-electron chi connectivity index (χ3n) is 1.63. The number of thiol groups is 1. The van der Waals surface area contributed by atoms with Crippen molar-refractivity contribution in [3.63, 3.8) is 0 Å². The number of hydrogen-bond donors (Lipinski definition) is 1. The fraction of sp³-hybridized carbons (Fsp3) is 0.333. The zero-order valence-corrected chi connectivity index (χ0v) is 7.31. The molecule has 0 radical (unpaired) electrons. The van der Waals surface area contributed by atoms with Gasteiger partial charge >= 0.3 is 0 Å². The van der Waals surface area contributed by atoms with Gasteiger partial charge in [0, 0.05) is 0 Å². The van der Waals surface area contributed by atoms with Gasteiger partial charge in [-0.05, 0) is 17.5 Å². The zero-order chi connectivity index (χ0) is 8.27. The lowest BCUT2D eigenvalue weighted by Gasteiger charge is -2.02. The van der Waals surface area contributed by atoms with Crippen molar-refractivity contribution in [3.05, 3.63) is 35.4 Å². The third-order valence-corrected chi connectivity index (χ3v) is 1.93. The van der Waals surface area contributed by atoms with E-state index in [-0.39, 0.29) is 0 Å². The molecule has 1 rings (SSSR count). The van der Waals surface area contributed by atoms with Gasteiger partial charge in [-0.3, -0.25) is 0 Å². The second kappa shape index (κ2) is 3.77. The summed E-state index contributed by atoms with van der Waals surface area (Å²) in [4.78, 5) is 0. The SMILES string of the molecule is CCc1cccc(C(F)S)c1. The van der Waals surface area contributed by atoms with Crippen LogP contribution in [-0.2, 0) is 6.42 Å². The molecule has 0 aliphatic heterocycles. The molecular weight excluding hydrogens is 159 g/mol. The molecule has 0 fully saturated rings. The van der Waals surface area contributed by atoms with Gasteiger partial charge in [0.2, 0.25) is 0 Å². The first-order valence-corrected chi connectivity index (χ1v) is 4.16. The first-order valence-electron chi connectivity index (χ1n) is 3.65. The van der Waals surface area contributed by atoms with Crippen LogP contribution in [0.3, 0.4) is 0 Å². The Kier molecular flexibility index (Phi) is 2.94. The maximum Gasteiger partial charge on any atom is 0.168 e. The predicted octanol–water partition coefficient (Wildman–Crippen LogP) is 3.15. The summed E-state index contributed by atoms with van der Waals surface area (Å²) in [5.74, 6) is 0. The molecule has 0 aromatic heterocycles. The minimum Gasteiger partial charge on any atom is -0.231 e. The summed E-state index contributed by atoms with van der Waals surface area (Å²) < 4.78 is 12.6. The molecule has 0 amide bonds. The van der Waals surface area contributed by atoms with Crippen LogP contribution in [0.25, 0.3) is 0 Å². The second-order valence-corrected chi connectivity index (χ2v) is 2.89. The molecule has 1 unspecified atom stereocenters. The van der Waals surface area contributed by atoms with E-state index in [9.17, 15) is 4.39 Å². The normalized spacial score (nSPS) is 13.0. The smallest absolute Gasteiger partial charge is 0.168 e. The quantitative estimate of drug-likeness (QED) is 0.648. The molecular formula is C9H11FS. The van der Waals surface area contributed by atoms with Crippen molar-refractivity contribution in [3.8, 4) is 0 Å². The molecule has 0 saturated carbocycles. The number of hydrogen-bond acceptors (Lipinski definition) is 1. The van der Waals surface area contributed by atoms with Crippen LogP contribution in [0.5, 0.6) is 0 Å². The fourth-order valence-electron chi connectivity index (χ4n) is 0.961. The van der Waals surface area contributed by atoms with E-state index < -0.39 is 5.50 Å². The monoisotopic (exact) mass is 170 g/mol. The van der Waals surface area contributed by atoms with Crippen molar-refractivity contribution in [1.82, 2.24) is 0 Å². The van der Waals surface area contributed by atoms with Gasteiger partial charge in [0.05, 0.1) is 0 Å². The maximum absolute atomic E-state index is 12.6. The Balaban J connectivity index is 2.91. The summed E-state index contributed by atoms with van der Waals surface area (Å²) in [5, 5.41) is 0. The van der Waals surface area contributed by atoms with Crippen LogP contribution >= 0.6 is 12.6 Å². The van der Waals surface area contributed by atoms with Gasteiger partial charge in [0.15, 0.2) is 5.50 Å². The molecule has 1 aromatic rings. The predicted molar refractivity (Wildman–Crippen MR) is 48.7 cm³/mol. The summed E-state index contributed by atoms with van der Waals surface area (Å²) in [5.41, 5.74) is 0.647. The van der Waals surface area contributed by atoms with Crippen molar-refractivity contribution < 1.29 is 4.39 Å². The van der Waals surface area contributed by atoms with E-state index >= 15 is 0 Å². The van der Waals surface area contributed by atoms with E-state index in [1.807, 2.05) is 25.1 Å². The molecule has 0 heterocycles. The topological polar surface area (TPSA) is 0 Å². The first-order chi connectivity index (χ1) is 5.24. The van der Waals surface area contributed by atoms with Gasteiger partial charge in [-0.1, -0.05) is 31.2 Å². The molecule has 0 aliphatic carbocycles. The number of halogens is 1. The van der Waals surface area contributed by atoms with Crippen molar-refractivity contribution in [2.45, 2.75) is 18.8 Å². The fourth-order valence-corrected chi connectivity index (χ4v) is 1.12. The summed E-state index contributed by atoms with van der Waals surface area (Å²) in [7, 11) is 0. The van der Waals surface area contributed by atoms with Crippen molar-refractivity contribution in [2.24, 2.45) is 0 Å². The average molecular weight is 170 g/mol. The van der Waals surface area contributed by atoms with Gasteiger partial charge in [-0.2, -0.15) is 0 Å². The number of aryl methyl sites for hydroxylation is 1. The Morgan fingerprint density at radius 1 is 1.55 bits per heavy atom. The molecule has 0 spiro atoms. The molecule has 0 N–H and O–H groups in total. The Morgan fingerprint density at radius 2 is 2.27 bits per heavy atom. The van der Waals surface area contributed by atoms with Gasteiger partial charge in [-0.25, -0.2) is 4.39 Å². The molecule has 0 aliphatic rings. The Bertz CT molecular complexity index is 233. The minimum atomic E-state index is -1.15. The standard InChI is InChI=1S/C9H11FS/c1-2-7-4-3-5-8(6-7)9(10)11/h3-6,9,11H,2H2,1H3. The van der Waals surface area contributed by atoms with Crippen molar-refractivity contribution in [2.75, 3.05) is 0 Å². The molecule has 0 nitrogen and oxygen atoms in total. The Labute approximate surface area is 71.8 Å². The lowest BCUT2D eigenvalue weighted by molar-refractivity contribution is 0.472. The highest BCUT2D eigenvalue weighted by atomic mass is 32.1. The molecule has 11 heavy (non-hydrogen) atoms. The van der Waals surface area contributed by atoms with Crippen LogP contribution in [0.15, 0.2) is 24.3 Å². The van der Waals surface area contributed by atoms with Crippen LogP contribution in [0, 0.1) is 0 Å². The van der Waals surface area contributed by atoms with E-state index in [0.717, 1.165) is 12.0 Å². The molecule has 1 aromatic carbocycles. The molecule has 1 atom stereocenters. The van der Waals surface area contributed by atoms with Gasteiger partial charge in [-0.15, -0.1) is 12.6 Å². The average Bonchev–Trinajstić information content (AvgIpc) is 2.05. The van der Waals surface area contributed by atoms with Crippen LogP contribution in [-0.4, -0.2) is 0 Å². The summed E-state index contributed by atoms with van der Waals surface area (Å²) in [6, 6.07) is 7.44. The third kappa shape index (κ3) is 2.22. The zero-order valence-electron chi connectivity index (χ0n) is 6.42. The molecule has 2 heteroatoms. The van der Waals surface area contributed by atoms with E-state index in [2.05, 4.69) is 12.6 Å². The number of benzene rings is 1. The maximum atomic E-state index is 12.6. The van der Waals surface area contributed by atoms with Crippen LogP contribution in [0.1, 0.15) is 23.6 Å². The molecule has 0 saturated heterocycles. The largest absolute Gasteiger partial charge is 0.231 e. The van der Waals surface area contributed by atoms with Crippen LogP contribution in [0.4, 0.5) is 4.39 Å². The lowest BCUT2D eigenvalue weighted by Crippen LogP contribution is -1.85. The minimum absolute atomic E-state index is 0.646. The summed E-state index contributed by atoms with van der Waals surface area (Å²) >= 11 is 3.71. The van der Waals surface area contributed by atoms with Crippen LogP contribution < -0.4 is 0 Å².